The Kier molecular flexibility index (Phi) is 12.4. The first-order valence-electron chi connectivity index (χ1n) is 19.5. The van der Waals surface area contributed by atoms with Crippen LogP contribution in [0.15, 0.2) is 54.7 Å². The van der Waals surface area contributed by atoms with Crippen LogP contribution in [0.4, 0.5) is 29.3 Å². The van der Waals surface area contributed by atoms with Gasteiger partial charge < -0.3 is 24.4 Å². The normalized spacial score (nSPS) is 20.5. The summed E-state index contributed by atoms with van der Waals surface area (Å²) in [4.78, 5) is 57.0. The van der Waals surface area contributed by atoms with Crippen molar-refractivity contribution in [2.75, 3.05) is 57.3 Å². The van der Waals surface area contributed by atoms with Gasteiger partial charge in [0.05, 0.1) is 47.3 Å². The number of methoxy groups -OCH3 is 2. The summed E-state index contributed by atoms with van der Waals surface area (Å²) in [7, 11) is 3.14. The predicted octanol–water partition coefficient (Wildman–Crippen LogP) is 7.27. The van der Waals surface area contributed by atoms with Gasteiger partial charge in [0.25, 0.3) is 11.8 Å². The molecule has 3 aliphatic rings. The summed E-state index contributed by atoms with van der Waals surface area (Å²) in [5.74, 6) is -0.570. The summed E-state index contributed by atoms with van der Waals surface area (Å²) in [5, 5.41) is 10.7. The van der Waals surface area contributed by atoms with Crippen molar-refractivity contribution in [3.8, 4) is 5.75 Å². The molecule has 4 aromatic rings. The Morgan fingerprint density at radius 1 is 1.02 bits per heavy atom. The molecule has 0 atom stereocenters. The van der Waals surface area contributed by atoms with Gasteiger partial charge in [-0.15, -0.1) is 0 Å². The molecule has 2 N–H and O–H groups in total. The van der Waals surface area contributed by atoms with Crippen LogP contribution in [0.5, 0.6) is 5.75 Å². The summed E-state index contributed by atoms with van der Waals surface area (Å²) in [6, 6.07) is 10.9. The van der Waals surface area contributed by atoms with E-state index in [-0.39, 0.29) is 42.2 Å². The lowest BCUT2D eigenvalue weighted by atomic mass is 9.82. The zero-order valence-electron chi connectivity index (χ0n) is 32.6. The van der Waals surface area contributed by atoms with Crippen molar-refractivity contribution >= 4 is 57.6 Å². The average Bonchev–Trinajstić information content (AvgIpc) is 3.65. The molecule has 18 heteroatoms. The molecule has 2 aromatic heterocycles. The third-order valence-electron chi connectivity index (χ3n) is 11.5. The summed E-state index contributed by atoms with van der Waals surface area (Å²) >= 11 is 6.37. The highest BCUT2D eigenvalue weighted by molar-refractivity contribution is 6.34. The van der Waals surface area contributed by atoms with E-state index >= 15 is 0 Å². The van der Waals surface area contributed by atoms with Gasteiger partial charge in [0.2, 0.25) is 5.91 Å². The molecule has 3 fully saturated rings. The second kappa shape index (κ2) is 17.5. The number of pyridine rings is 1. The zero-order valence-corrected chi connectivity index (χ0v) is 33.4. The van der Waals surface area contributed by atoms with Crippen molar-refractivity contribution in [3.05, 3.63) is 76.7 Å². The van der Waals surface area contributed by atoms with Crippen molar-refractivity contribution in [2.24, 2.45) is 5.92 Å². The Hall–Kier alpha value is -5.26. The van der Waals surface area contributed by atoms with Gasteiger partial charge in [0.1, 0.15) is 17.1 Å². The van der Waals surface area contributed by atoms with E-state index in [4.69, 9.17) is 30.9 Å². The number of urea groups is 1. The third kappa shape index (κ3) is 9.47. The lowest BCUT2D eigenvalue weighted by molar-refractivity contribution is -0.141. The maximum Gasteiger partial charge on any atom is 0.433 e. The van der Waals surface area contributed by atoms with E-state index in [9.17, 15) is 32.3 Å². The number of halogens is 4. The number of likely N-dealkylation sites (tertiary alicyclic amines) is 1. The van der Waals surface area contributed by atoms with Gasteiger partial charge in [-0.25, -0.2) is 9.78 Å². The Morgan fingerprint density at radius 3 is 2.47 bits per heavy atom. The molecule has 59 heavy (non-hydrogen) atoms. The summed E-state index contributed by atoms with van der Waals surface area (Å²) < 4.78 is 59.2. The lowest BCUT2D eigenvalue weighted by Crippen LogP contribution is -2.49. The monoisotopic (exact) mass is 839 g/mol. The van der Waals surface area contributed by atoms with Gasteiger partial charge in [-0.3, -0.25) is 29.3 Å². The Morgan fingerprint density at radius 2 is 1.78 bits per heavy atom. The second-order valence-corrected chi connectivity index (χ2v) is 15.6. The molecule has 4 heterocycles. The molecule has 14 nitrogen and oxygen atoms in total. The molecule has 7 rings (SSSR count). The van der Waals surface area contributed by atoms with Crippen LogP contribution in [0.2, 0.25) is 5.02 Å². The van der Waals surface area contributed by atoms with E-state index in [0.29, 0.717) is 59.8 Å². The Bertz CT molecular complexity index is 2220. The van der Waals surface area contributed by atoms with Gasteiger partial charge in [-0.1, -0.05) is 17.7 Å². The first-order valence-corrected chi connectivity index (χ1v) is 19.9. The molecular formula is C41H45ClF3N7O7. The number of anilines is 2. The number of ether oxygens (including phenoxy) is 3. The Labute approximate surface area is 343 Å². The van der Waals surface area contributed by atoms with Crippen LogP contribution in [0, 0.1) is 5.92 Å². The molecule has 5 amide bonds. The molecule has 314 valence electrons. The number of hydrogen-bond acceptors (Lipinski definition) is 9. The number of hydrogen-bond donors (Lipinski definition) is 2. The van der Waals surface area contributed by atoms with Crippen molar-refractivity contribution in [1.82, 2.24) is 25.0 Å². The molecule has 2 saturated heterocycles. The number of aromatic nitrogens is 3. The third-order valence-corrected chi connectivity index (χ3v) is 11.8. The first-order chi connectivity index (χ1) is 28.3. The quantitative estimate of drug-likeness (QED) is 0.140. The molecule has 1 saturated carbocycles. The fraction of sp³-hybridized carbons (Fsp3) is 0.463. The van der Waals surface area contributed by atoms with Crippen LogP contribution in [0.25, 0.3) is 10.9 Å². The van der Waals surface area contributed by atoms with Gasteiger partial charge in [0, 0.05) is 63.0 Å². The van der Waals surface area contributed by atoms with Gasteiger partial charge in [-0.05, 0) is 87.3 Å². The minimum absolute atomic E-state index is 0.0892. The van der Waals surface area contributed by atoms with E-state index < -0.39 is 29.4 Å². The lowest BCUT2D eigenvalue weighted by Gasteiger charge is -2.39. The molecule has 1 aliphatic carbocycles. The number of rotatable bonds is 12. The SMILES string of the molecule is COc1cc2nn(C3CCC(COCCC4CCN(C(=O)c5ccc(Cl)c(N6CCC(=O)NC6=O)c5)CC4)(OC)CC3)cc2cc1NC(=O)c1cccc(C(F)(F)F)n1. The summed E-state index contributed by atoms with van der Waals surface area (Å²) in [5.41, 5.74) is -0.217. The fourth-order valence-corrected chi connectivity index (χ4v) is 8.21. The number of fused-ring (bicyclic) bond motifs is 1. The van der Waals surface area contributed by atoms with Gasteiger partial charge in [-0.2, -0.15) is 18.3 Å². The van der Waals surface area contributed by atoms with Gasteiger partial charge >= 0.3 is 12.2 Å². The number of nitrogens with zero attached hydrogens (tertiary/aromatic N) is 5. The highest BCUT2D eigenvalue weighted by Crippen LogP contribution is 2.39. The molecular weight excluding hydrogens is 795 g/mol. The molecule has 0 spiro atoms. The summed E-state index contributed by atoms with van der Waals surface area (Å²) in [6.45, 7) is 2.42. The predicted molar refractivity (Wildman–Crippen MR) is 212 cm³/mol. The minimum atomic E-state index is -4.68. The van der Waals surface area contributed by atoms with Crippen LogP contribution in [0.3, 0.4) is 0 Å². The smallest absolute Gasteiger partial charge is 0.433 e. The summed E-state index contributed by atoms with van der Waals surface area (Å²) in [6.07, 6.45) is 3.00. The molecule has 0 radical (unpaired) electrons. The maximum absolute atomic E-state index is 13.4. The number of amides is 5. The van der Waals surface area contributed by atoms with Gasteiger partial charge in [0.15, 0.2) is 0 Å². The maximum atomic E-state index is 13.4. The van der Waals surface area contributed by atoms with Crippen LogP contribution < -0.4 is 20.3 Å². The highest BCUT2D eigenvalue weighted by Gasteiger charge is 2.37. The van der Waals surface area contributed by atoms with Crippen molar-refractivity contribution < 1.29 is 46.6 Å². The Balaban J connectivity index is 0.874. The number of carbonyl (C=O) groups is 4. The number of piperidine rings is 1. The van der Waals surface area contributed by atoms with E-state index in [0.717, 1.165) is 62.5 Å². The minimum Gasteiger partial charge on any atom is -0.494 e. The number of carbonyl (C=O) groups excluding carboxylic acids is 4. The number of benzene rings is 2. The van der Waals surface area contributed by atoms with Crippen LogP contribution in [0.1, 0.15) is 83.9 Å². The number of imide groups is 1. The number of alkyl halides is 3. The first kappa shape index (κ1) is 41.9. The van der Waals surface area contributed by atoms with Crippen LogP contribution in [-0.2, 0) is 20.4 Å². The molecule has 0 unspecified atom stereocenters. The molecule has 2 aliphatic heterocycles. The fourth-order valence-electron chi connectivity index (χ4n) is 7.99. The van der Waals surface area contributed by atoms with Crippen molar-refractivity contribution in [3.63, 3.8) is 0 Å². The highest BCUT2D eigenvalue weighted by atomic mass is 35.5. The van der Waals surface area contributed by atoms with E-state index in [1.54, 1.807) is 37.4 Å². The standard InChI is InChI=1S/C41H45ClF3N7O7/c1-57-34-22-31-27(20-32(34)47-37(54)30-4-3-5-35(46-30)41(43,44)45)23-52(49-31)28-8-14-40(58-2,15-9-28)24-59-19-13-25-10-16-50(17-11-25)38(55)26-6-7-29(42)33(21-26)51-18-12-36(53)48-39(51)56/h3-7,20-23,25,28H,8-19,24H2,1-2H3,(H,47,54)(H,48,53,56). The van der Waals surface area contributed by atoms with Crippen molar-refractivity contribution in [2.45, 2.75) is 69.2 Å². The van der Waals surface area contributed by atoms with E-state index in [1.807, 2.05) is 15.8 Å². The molecule has 2 aromatic carbocycles. The van der Waals surface area contributed by atoms with Crippen LogP contribution >= 0.6 is 11.6 Å². The second-order valence-electron chi connectivity index (χ2n) is 15.2. The largest absolute Gasteiger partial charge is 0.494 e. The van der Waals surface area contributed by atoms with E-state index in [2.05, 4.69) is 15.6 Å². The van der Waals surface area contributed by atoms with Crippen LogP contribution in [-0.4, -0.2) is 96.1 Å². The van der Waals surface area contributed by atoms with Crippen molar-refractivity contribution in [1.29, 1.82) is 0 Å². The number of nitrogens with one attached hydrogen (secondary N) is 2. The molecule has 0 bridgehead atoms. The topological polar surface area (TPSA) is 157 Å². The zero-order chi connectivity index (χ0) is 41.9. The van der Waals surface area contributed by atoms with E-state index in [1.165, 1.54) is 18.1 Å². The average molecular weight is 840 g/mol.